The van der Waals surface area contributed by atoms with Gasteiger partial charge in [-0.2, -0.15) is 0 Å². The third kappa shape index (κ3) is 9.94. The maximum atomic E-state index is 13.5. The molecule has 2 aromatic carbocycles. The molecule has 0 atom stereocenters. The molecule has 36 heavy (non-hydrogen) atoms. The molecule has 0 radical (unpaired) electrons. The number of hydrogen-bond donors (Lipinski definition) is 3. The van der Waals surface area contributed by atoms with Gasteiger partial charge >= 0.3 is 0 Å². The third-order valence-corrected chi connectivity index (χ3v) is 5.04. The highest BCUT2D eigenvalue weighted by atomic mass is 19.1. The van der Waals surface area contributed by atoms with Crippen LogP contribution in [0, 0.1) is 5.82 Å². The number of amidine groups is 1. The van der Waals surface area contributed by atoms with Crippen molar-refractivity contribution in [1.82, 2.24) is 10.4 Å². The van der Waals surface area contributed by atoms with E-state index in [-0.39, 0.29) is 12.4 Å². The summed E-state index contributed by atoms with van der Waals surface area (Å²) < 4.78 is 29.0. The molecule has 0 aromatic heterocycles. The predicted octanol–water partition coefficient (Wildman–Crippen LogP) is 3.95. The van der Waals surface area contributed by atoms with Gasteiger partial charge in [0.1, 0.15) is 11.7 Å². The van der Waals surface area contributed by atoms with Gasteiger partial charge in [0, 0.05) is 33.4 Å². The minimum atomic E-state index is -0.303. The Bertz CT molecular complexity index is 980. The molecule has 4 N–H and O–H groups in total. The Hall–Kier alpha value is -2.98. The van der Waals surface area contributed by atoms with Crippen molar-refractivity contribution in [3.63, 3.8) is 0 Å². The number of aliphatic hydroxyl groups is 1. The SMILES string of the molecule is CCO.CCc1cc(OC)c(OC)cc1C1=CC(=Nc2cccc(F)c2)NN(CC)C1.COCCN. The maximum Gasteiger partial charge on any atom is 0.161 e. The topological polar surface area (TPSA) is 102 Å². The molecule has 2 aromatic rings. The minimum Gasteiger partial charge on any atom is -0.493 e. The van der Waals surface area contributed by atoms with Gasteiger partial charge < -0.3 is 30.5 Å². The minimum absolute atomic E-state index is 0.250. The predicted molar refractivity (Wildman–Crippen MR) is 144 cm³/mol. The summed E-state index contributed by atoms with van der Waals surface area (Å²) >= 11 is 0. The molecule has 0 saturated carbocycles. The van der Waals surface area contributed by atoms with Crippen molar-refractivity contribution in [2.75, 3.05) is 54.2 Å². The van der Waals surface area contributed by atoms with Crippen molar-refractivity contribution in [1.29, 1.82) is 0 Å². The zero-order valence-corrected chi connectivity index (χ0v) is 22.3. The van der Waals surface area contributed by atoms with E-state index >= 15 is 0 Å². The van der Waals surface area contributed by atoms with Crippen molar-refractivity contribution >= 4 is 17.1 Å². The van der Waals surface area contributed by atoms with Crippen LogP contribution in [0.1, 0.15) is 31.9 Å². The van der Waals surface area contributed by atoms with Crippen LogP contribution in [0.5, 0.6) is 11.5 Å². The van der Waals surface area contributed by atoms with Crippen LogP contribution in [0.15, 0.2) is 47.5 Å². The van der Waals surface area contributed by atoms with Crippen LogP contribution in [-0.4, -0.2) is 70.1 Å². The molecule has 0 unspecified atom stereocenters. The first-order valence-corrected chi connectivity index (χ1v) is 12.0. The number of ether oxygens (including phenoxy) is 3. The summed E-state index contributed by atoms with van der Waals surface area (Å²) in [4.78, 5) is 4.58. The molecule has 0 aliphatic carbocycles. The summed E-state index contributed by atoms with van der Waals surface area (Å²) in [5.74, 6) is 1.78. The van der Waals surface area contributed by atoms with Crippen LogP contribution in [0.4, 0.5) is 10.1 Å². The van der Waals surface area contributed by atoms with E-state index in [1.807, 2.05) is 18.2 Å². The second-order valence-electron chi connectivity index (χ2n) is 7.59. The summed E-state index contributed by atoms with van der Waals surface area (Å²) in [5, 5.41) is 9.64. The molecule has 0 fully saturated rings. The second-order valence-corrected chi connectivity index (χ2v) is 7.59. The lowest BCUT2D eigenvalue weighted by molar-refractivity contribution is 0.207. The largest absolute Gasteiger partial charge is 0.493 e. The first-order valence-electron chi connectivity index (χ1n) is 12.0. The average molecular weight is 505 g/mol. The van der Waals surface area contributed by atoms with Crippen LogP contribution in [-0.2, 0) is 11.2 Å². The summed E-state index contributed by atoms with van der Waals surface area (Å²) in [6.45, 7) is 8.93. The molecular weight excluding hydrogens is 463 g/mol. The van der Waals surface area contributed by atoms with E-state index in [0.717, 1.165) is 36.4 Å². The Morgan fingerprint density at radius 2 is 1.75 bits per heavy atom. The summed E-state index contributed by atoms with van der Waals surface area (Å²) in [6.07, 6.45) is 2.88. The van der Waals surface area contributed by atoms with Gasteiger partial charge in [-0.25, -0.2) is 14.4 Å². The lowest BCUT2D eigenvalue weighted by atomic mass is 9.95. The fourth-order valence-corrected chi connectivity index (χ4v) is 3.38. The van der Waals surface area contributed by atoms with Crippen molar-refractivity contribution in [3.8, 4) is 11.5 Å². The van der Waals surface area contributed by atoms with Gasteiger partial charge in [0.2, 0.25) is 0 Å². The number of likely N-dealkylation sites (N-methyl/N-ethyl adjacent to an activating group) is 1. The zero-order chi connectivity index (χ0) is 26.9. The van der Waals surface area contributed by atoms with E-state index in [9.17, 15) is 4.39 Å². The standard InChI is InChI=1S/C22H26FN3O2.C3H9NO.C2H6O/c1-5-15-10-20(27-3)21(28-4)13-19(15)16-11-22(25-26(6-2)14-16)24-18-9-7-8-17(23)12-18;1-5-3-2-4;1-2-3/h7-13H,5-6,14H2,1-4H3,(H,24,25);2-4H2,1H3;3H,2H2,1H3. The number of nitrogens with one attached hydrogen (secondary N) is 1. The molecule has 0 spiro atoms. The molecule has 1 aliphatic rings. The van der Waals surface area contributed by atoms with Gasteiger partial charge in [-0.3, -0.25) is 0 Å². The van der Waals surface area contributed by atoms with Crippen molar-refractivity contribution in [3.05, 3.63) is 59.4 Å². The summed E-state index contributed by atoms with van der Waals surface area (Å²) in [6, 6.07) is 10.3. The van der Waals surface area contributed by atoms with Crippen LogP contribution < -0.4 is 20.6 Å². The van der Waals surface area contributed by atoms with Gasteiger partial charge in [0.15, 0.2) is 11.5 Å². The fraction of sp³-hybridized carbons (Fsp3) is 0.444. The Morgan fingerprint density at radius 3 is 2.25 bits per heavy atom. The Labute approximate surface area is 214 Å². The second kappa shape index (κ2) is 17.4. The highest BCUT2D eigenvalue weighted by Gasteiger charge is 2.20. The lowest BCUT2D eigenvalue weighted by Crippen LogP contribution is -2.45. The number of aliphatic imine (C=N–C) groups is 1. The Kier molecular flexibility index (Phi) is 15.1. The number of aliphatic hydroxyl groups excluding tert-OH is 1. The third-order valence-electron chi connectivity index (χ3n) is 5.04. The van der Waals surface area contributed by atoms with E-state index in [1.54, 1.807) is 40.4 Å². The van der Waals surface area contributed by atoms with Crippen molar-refractivity contribution in [2.24, 2.45) is 10.7 Å². The van der Waals surface area contributed by atoms with E-state index in [4.69, 9.17) is 20.3 Å². The number of hydrogen-bond acceptors (Lipinski definition) is 7. The number of nitrogens with zero attached hydrogens (tertiary/aromatic N) is 2. The van der Waals surface area contributed by atoms with Crippen molar-refractivity contribution < 1.29 is 23.7 Å². The highest BCUT2D eigenvalue weighted by molar-refractivity contribution is 6.02. The van der Waals surface area contributed by atoms with Crippen molar-refractivity contribution in [2.45, 2.75) is 27.2 Å². The molecular formula is C27H41FN4O4. The molecule has 0 amide bonds. The van der Waals surface area contributed by atoms with Gasteiger partial charge in [-0.05, 0) is 66.5 Å². The Morgan fingerprint density at radius 1 is 1.08 bits per heavy atom. The highest BCUT2D eigenvalue weighted by Crippen LogP contribution is 2.35. The van der Waals surface area contributed by atoms with Gasteiger partial charge in [-0.1, -0.05) is 19.9 Å². The number of methoxy groups -OCH3 is 3. The molecule has 3 rings (SSSR count). The lowest BCUT2D eigenvalue weighted by Gasteiger charge is -2.29. The molecule has 8 nitrogen and oxygen atoms in total. The van der Waals surface area contributed by atoms with E-state index < -0.39 is 0 Å². The van der Waals surface area contributed by atoms with Gasteiger partial charge in [-0.15, -0.1) is 0 Å². The number of hydrazine groups is 1. The van der Waals surface area contributed by atoms with E-state index in [1.165, 1.54) is 17.7 Å². The average Bonchev–Trinajstić information content (AvgIpc) is 2.89. The fourth-order valence-electron chi connectivity index (χ4n) is 3.38. The van der Waals surface area contributed by atoms with E-state index in [0.29, 0.717) is 30.4 Å². The number of rotatable bonds is 8. The molecule has 9 heteroatoms. The van der Waals surface area contributed by atoms with Crippen LogP contribution in [0.3, 0.4) is 0 Å². The molecule has 200 valence electrons. The van der Waals surface area contributed by atoms with Crippen LogP contribution in [0.2, 0.25) is 0 Å². The normalized spacial score (nSPS) is 14.0. The monoisotopic (exact) mass is 504 g/mol. The summed E-state index contributed by atoms with van der Waals surface area (Å²) in [7, 11) is 4.91. The first-order chi connectivity index (χ1) is 17.4. The molecule has 1 heterocycles. The Balaban J connectivity index is 0.000000709. The van der Waals surface area contributed by atoms with Gasteiger partial charge in [0.05, 0.1) is 26.5 Å². The van der Waals surface area contributed by atoms with Crippen LogP contribution >= 0.6 is 0 Å². The molecule has 0 bridgehead atoms. The molecule has 0 saturated heterocycles. The van der Waals surface area contributed by atoms with E-state index in [2.05, 4.69) is 34.0 Å². The quantitative estimate of drug-likeness (QED) is 0.500. The maximum absolute atomic E-state index is 13.5. The number of halogens is 1. The smallest absolute Gasteiger partial charge is 0.161 e. The number of nitrogens with two attached hydrogens (primary N) is 1. The zero-order valence-electron chi connectivity index (χ0n) is 22.3. The van der Waals surface area contributed by atoms with Crippen LogP contribution in [0.25, 0.3) is 5.57 Å². The number of benzene rings is 2. The van der Waals surface area contributed by atoms with Gasteiger partial charge in [0.25, 0.3) is 0 Å². The number of aryl methyl sites for hydroxylation is 1. The first kappa shape index (κ1) is 31.1. The molecule has 1 aliphatic heterocycles. The summed E-state index contributed by atoms with van der Waals surface area (Å²) in [5.41, 5.74) is 12.3.